The van der Waals surface area contributed by atoms with Crippen LogP contribution in [0.15, 0.2) is 47.1 Å². The molecule has 0 saturated carbocycles. The zero-order valence-corrected chi connectivity index (χ0v) is 13.2. The Morgan fingerprint density at radius 1 is 1.29 bits per heavy atom. The second kappa shape index (κ2) is 6.98. The third-order valence-corrected chi connectivity index (χ3v) is 3.53. The monoisotopic (exact) mass is 341 g/mol. The molecule has 1 N–H and O–H groups in total. The largest absolute Gasteiger partial charge is 0.459 e. The number of carbonyl (C=O) groups is 1. The van der Waals surface area contributed by atoms with Crippen LogP contribution in [0.25, 0.3) is 11.3 Å². The van der Waals surface area contributed by atoms with Crippen molar-refractivity contribution in [2.24, 2.45) is 0 Å². The smallest absolute Gasteiger partial charge is 0.240 e. The average Bonchev–Trinajstić information content (AvgIpc) is 3.22. The van der Waals surface area contributed by atoms with Gasteiger partial charge in [-0.05, 0) is 36.4 Å². The van der Waals surface area contributed by atoms with Crippen LogP contribution in [0.3, 0.4) is 0 Å². The molecule has 2 aromatic heterocycles. The van der Waals surface area contributed by atoms with Crippen LogP contribution in [0, 0.1) is 11.3 Å². The maximum absolute atomic E-state index is 11.9. The Bertz CT molecular complexity index is 892. The molecule has 1 aromatic carbocycles. The number of carbonyl (C=O) groups excluding carboxylic acids is 1. The predicted octanol–water partition coefficient (Wildman–Crippen LogP) is 2.38. The van der Waals surface area contributed by atoms with Gasteiger partial charge in [0.05, 0.1) is 6.54 Å². The Balaban J connectivity index is 1.58. The minimum absolute atomic E-state index is 0.0271. The van der Waals surface area contributed by atoms with Gasteiger partial charge in [0, 0.05) is 10.6 Å². The quantitative estimate of drug-likeness (QED) is 0.768. The van der Waals surface area contributed by atoms with Crippen molar-refractivity contribution < 1.29 is 9.21 Å². The Morgan fingerprint density at radius 2 is 2.08 bits per heavy atom. The van der Waals surface area contributed by atoms with Gasteiger partial charge in [0.2, 0.25) is 11.7 Å². The van der Waals surface area contributed by atoms with Crippen molar-refractivity contribution in [2.45, 2.75) is 13.1 Å². The number of halogens is 1. The van der Waals surface area contributed by atoms with Crippen molar-refractivity contribution in [1.29, 1.82) is 5.26 Å². The summed E-state index contributed by atoms with van der Waals surface area (Å²) in [4.78, 5) is 11.9. The highest BCUT2D eigenvalue weighted by Crippen LogP contribution is 2.23. The fourth-order valence-corrected chi connectivity index (χ4v) is 2.22. The standard InChI is InChI=1S/C16H12ClN5O2/c17-12-3-1-11(2-4-12)14-6-5-13(24-14)8-19-16(23)9-22-10-20-21-15(22)7-18/h1-6,10H,8-9H2,(H,19,23). The molecule has 0 aliphatic carbocycles. The molecule has 3 aromatic rings. The van der Waals surface area contributed by atoms with E-state index in [0.717, 1.165) is 5.56 Å². The summed E-state index contributed by atoms with van der Waals surface area (Å²) in [7, 11) is 0. The molecule has 0 fully saturated rings. The van der Waals surface area contributed by atoms with E-state index in [-0.39, 0.29) is 24.8 Å². The first-order chi connectivity index (χ1) is 11.7. The van der Waals surface area contributed by atoms with E-state index in [2.05, 4.69) is 15.5 Å². The van der Waals surface area contributed by atoms with E-state index >= 15 is 0 Å². The number of amides is 1. The highest BCUT2D eigenvalue weighted by molar-refractivity contribution is 6.30. The first kappa shape index (κ1) is 15.8. The van der Waals surface area contributed by atoms with Crippen molar-refractivity contribution >= 4 is 17.5 Å². The summed E-state index contributed by atoms with van der Waals surface area (Å²) in [5.41, 5.74) is 0.903. The fraction of sp³-hybridized carbons (Fsp3) is 0.125. The molecule has 0 atom stereocenters. The van der Waals surface area contributed by atoms with Crippen molar-refractivity contribution in [3.63, 3.8) is 0 Å². The highest BCUT2D eigenvalue weighted by Gasteiger charge is 2.10. The topological polar surface area (TPSA) is 96.7 Å². The lowest BCUT2D eigenvalue weighted by atomic mass is 10.2. The zero-order chi connectivity index (χ0) is 16.9. The second-order valence-electron chi connectivity index (χ2n) is 4.94. The van der Waals surface area contributed by atoms with E-state index in [1.807, 2.05) is 24.3 Å². The Kier molecular flexibility index (Phi) is 4.59. The van der Waals surface area contributed by atoms with E-state index in [0.29, 0.717) is 16.5 Å². The van der Waals surface area contributed by atoms with Gasteiger partial charge in [0.15, 0.2) is 0 Å². The van der Waals surface area contributed by atoms with Crippen LogP contribution >= 0.6 is 11.6 Å². The van der Waals surface area contributed by atoms with Gasteiger partial charge in [0.1, 0.15) is 30.5 Å². The molecule has 0 aliphatic rings. The number of nitrogens with one attached hydrogen (secondary N) is 1. The van der Waals surface area contributed by atoms with E-state index < -0.39 is 0 Å². The van der Waals surface area contributed by atoms with Gasteiger partial charge in [-0.25, -0.2) is 0 Å². The number of nitrogens with zero attached hydrogens (tertiary/aromatic N) is 4. The fourth-order valence-electron chi connectivity index (χ4n) is 2.10. The molecule has 2 heterocycles. The summed E-state index contributed by atoms with van der Waals surface area (Å²) in [5.74, 6) is 1.14. The van der Waals surface area contributed by atoms with Gasteiger partial charge in [0.25, 0.3) is 0 Å². The van der Waals surface area contributed by atoms with Crippen LogP contribution in [0.5, 0.6) is 0 Å². The van der Waals surface area contributed by atoms with Gasteiger partial charge < -0.3 is 9.73 Å². The third kappa shape index (κ3) is 3.62. The molecule has 1 amide bonds. The minimum Gasteiger partial charge on any atom is -0.459 e. The summed E-state index contributed by atoms with van der Waals surface area (Å²) in [6.45, 7) is 0.219. The van der Waals surface area contributed by atoms with E-state index in [4.69, 9.17) is 21.3 Å². The normalized spacial score (nSPS) is 10.3. The third-order valence-electron chi connectivity index (χ3n) is 3.28. The lowest BCUT2D eigenvalue weighted by Crippen LogP contribution is -2.27. The summed E-state index contributed by atoms with van der Waals surface area (Å²) in [6.07, 6.45) is 1.34. The summed E-state index contributed by atoms with van der Waals surface area (Å²) < 4.78 is 7.07. The SMILES string of the molecule is N#Cc1nncn1CC(=O)NCc1ccc(-c2ccc(Cl)cc2)o1. The van der Waals surface area contributed by atoms with Crippen LogP contribution in [-0.4, -0.2) is 20.7 Å². The van der Waals surface area contributed by atoms with E-state index in [9.17, 15) is 4.79 Å². The molecule has 0 spiro atoms. The predicted molar refractivity (Wildman–Crippen MR) is 85.7 cm³/mol. The van der Waals surface area contributed by atoms with Gasteiger partial charge in [-0.3, -0.25) is 9.36 Å². The van der Waals surface area contributed by atoms with Crippen LogP contribution in [0.2, 0.25) is 5.02 Å². The van der Waals surface area contributed by atoms with Crippen molar-refractivity contribution in [2.75, 3.05) is 0 Å². The maximum atomic E-state index is 11.9. The Labute approximate surface area is 142 Å². The first-order valence-corrected chi connectivity index (χ1v) is 7.43. The zero-order valence-electron chi connectivity index (χ0n) is 12.4. The molecule has 0 unspecified atom stereocenters. The summed E-state index contributed by atoms with van der Waals surface area (Å²) in [6, 6.07) is 12.8. The minimum atomic E-state index is -0.268. The van der Waals surface area contributed by atoms with Crippen LogP contribution in [0.1, 0.15) is 11.6 Å². The molecule has 0 saturated heterocycles. The highest BCUT2D eigenvalue weighted by atomic mass is 35.5. The molecular weight excluding hydrogens is 330 g/mol. The van der Waals surface area contributed by atoms with Crippen molar-refractivity contribution in [3.8, 4) is 17.4 Å². The molecule has 7 nitrogen and oxygen atoms in total. The molecule has 120 valence electrons. The number of nitriles is 1. The lowest BCUT2D eigenvalue weighted by molar-refractivity contribution is -0.121. The number of hydrogen-bond acceptors (Lipinski definition) is 5. The maximum Gasteiger partial charge on any atom is 0.240 e. The molecule has 24 heavy (non-hydrogen) atoms. The molecule has 8 heteroatoms. The van der Waals surface area contributed by atoms with Crippen molar-refractivity contribution in [1.82, 2.24) is 20.1 Å². The Hall–Kier alpha value is -3.11. The van der Waals surface area contributed by atoms with Gasteiger partial charge in [-0.1, -0.05) is 11.6 Å². The van der Waals surface area contributed by atoms with E-state index in [1.165, 1.54) is 10.9 Å². The summed E-state index contributed by atoms with van der Waals surface area (Å²) in [5, 5.41) is 19.4. The summed E-state index contributed by atoms with van der Waals surface area (Å²) >= 11 is 5.86. The van der Waals surface area contributed by atoms with E-state index in [1.54, 1.807) is 18.2 Å². The molecule has 0 aliphatic heterocycles. The first-order valence-electron chi connectivity index (χ1n) is 7.05. The van der Waals surface area contributed by atoms with Crippen LogP contribution in [0.4, 0.5) is 0 Å². The molecule has 0 bridgehead atoms. The number of rotatable bonds is 5. The second-order valence-corrected chi connectivity index (χ2v) is 5.38. The number of benzene rings is 1. The Morgan fingerprint density at radius 3 is 2.83 bits per heavy atom. The number of furan rings is 1. The average molecular weight is 342 g/mol. The molecular formula is C16H12ClN5O2. The van der Waals surface area contributed by atoms with Crippen LogP contribution < -0.4 is 5.32 Å². The van der Waals surface area contributed by atoms with Crippen LogP contribution in [-0.2, 0) is 17.9 Å². The van der Waals surface area contributed by atoms with Crippen molar-refractivity contribution in [3.05, 3.63) is 59.3 Å². The van der Waals surface area contributed by atoms with Gasteiger partial charge in [-0.15, -0.1) is 10.2 Å². The number of aromatic nitrogens is 3. The number of hydrogen-bond donors (Lipinski definition) is 1. The lowest BCUT2D eigenvalue weighted by Gasteiger charge is -2.04. The van der Waals surface area contributed by atoms with Gasteiger partial charge >= 0.3 is 0 Å². The molecule has 3 rings (SSSR count). The van der Waals surface area contributed by atoms with Gasteiger partial charge in [-0.2, -0.15) is 5.26 Å². The molecule has 0 radical (unpaired) electrons.